The maximum atomic E-state index is 12.2. The predicted molar refractivity (Wildman–Crippen MR) is 75.0 cm³/mol. The first kappa shape index (κ1) is 14.3. The molecule has 0 bridgehead atoms. The number of pyridine rings is 1. The fourth-order valence-electron chi connectivity index (χ4n) is 1.92. The van der Waals surface area contributed by atoms with Gasteiger partial charge in [-0.15, -0.1) is 0 Å². The average Bonchev–Trinajstić information content (AvgIpc) is 2.48. The lowest BCUT2D eigenvalue weighted by Crippen LogP contribution is -2.22. The second-order valence-corrected chi connectivity index (χ2v) is 4.30. The molecule has 21 heavy (non-hydrogen) atoms. The lowest BCUT2D eigenvalue weighted by molar-refractivity contribution is 0.101. The average molecular weight is 284 g/mol. The second-order valence-electron chi connectivity index (χ2n) is 4.30. The molecule has 2 aromatic rings. The molecule has 0 spiro atoms. The monoisotopic (exact) mass is 284 g/mol. The lowest BCUT2D eigenvalue weighted by Gasteiger charge is -2.12. The van der Waals surface area contributed by atoms with Crippen LogP contribution in [0.2, 0.25) is 0 Å². The van der Waals surface area contributed by atoms with Crippen molar-refractivity contribution in [2.75, 3.05) is 7.11 Å². The molecule has 0 aliphatic heterocycles. The van der Waals surface area contributed by atoms with Crippen LogP contribution in [-0.4, -0.2) is 22.6 Å². The Morgan fingerprint density at radius 2 is 1.95 bits per heavy atom. The van der Waals surface area contributed by atoms with Crippen molar-refractivity contribution in [2.24, 2.45) is 0 Å². The molecule has 0 unspecified atom stereocenters. The van der Waals surface area contributed by atoms with Gasteiger partial charge in [0.25, 0.3) is 5.56 Å². The molecule has 2 rings (SSSR count). The third-order valence-electron chi connectivity index (χ3n) is 3.01. The van der Waals surface area contributed by atoms with Gasteiger partial charge in [0, 0.05) is 0 Å². The minimum absolute atomic E-state index is 0.0815. The van der Waals surface area contributed by atoms with Gasteiger partial charge in [-0.3, -0.25) is 9.59 Å². The van der Waals surface area contributed by atoms with Gasteiger partial charge in [0.05, 0.1) is 18.4 Å². The van der Waals surface area contributed by atoms with Gasteiger partial charge in [0.2, 0.25) is 5.88 Å². The van der Waals surface area contributed by atoms with Crippen LogP contribution < -0.4 is 10.3 Å². The van der Waals surface area contributed by atoms with E-state index in [1.165, 1.54) is 14.0 Å². The van der Waals surface area contributed by atoms with Crippen LogP contribution in [0.3, 0.4) is 0 Å². The zero-order valence-corrected chi connectivity index (χ0v) is 11.5. The molecule has 0 saturated carbocycles. The van der Waals surface area contributed by atoms with Crippen LogP contribution in [0, 0.1) is 11.3 Å². The third-order valence-corrected chi connectivity index (χ3v) is 3.01. The Bertz CT molecular complexity index is 798. The SMILES string of the molecule is COc1ccc(-n2c(O)c(C(C)=O)cc(C#N)c2=O)cc1. The topological polar surface area (TPSA) is 92.3 Å². The number of ether oxygens (including phenoxy) is 1. The van der Waals surface area contributed by atoms with E-state index in [0.717, 1.165) is 10.6 Å². The first-order chi connectivity index (χ1) is 9.99. The van der Waals surface area contributed by atoms with Gasteiger partial charge in [-0.2, -0.15) is 5.26 Å². The van der Waals surface area contributed by atoms with Crippen molar-refractivity contribution in [3.8, 4) is 23.4 Å². The van der Waals surface area contributed by atoms with Gasteiger partial charge in [-0.05, 0) is 37.3 Å². The molecule has 0 atom stereocenters. The molecule has 106 valence electrons. The van der Waals surface area contributed by atoms with Gasteiger partial charge in [0.1, 0.15) is 17.4 Å². The molecule has 0 amide bonds. The van der Waals surface area contributed by atoms with E-state index < -0.39 is 17.2 Å². The number of hydrogen-bond acceptors (Lipinski definition) is 5. The van der Waals surface area contributed by atoms with E-state index in [2.05, 4.69) is 0 Å². The quantitative estimate of drug-likeness (QED) is 0.865. The number of nitrogens with zero attached hydrogens (tertiary/aromatic N) is 2. The Labute approximate surface area is 120 Å². The molecule has 0 saturated heterocycles. The Morgan fingerprint density at radius 3 is 2.43 bits per heavy atom. The number of nitriles is 1. The summed E-state index contributed by atoms with van der Waals surface area (Å²) in [5.74, 6) is -0.350. The minimum Gasteiger partial charge on any atom is -0.497 e. The van der Waals surface area contributed by atoms with E-state index in [1.807, 2.05) is 0 Å². The van der Waals surface area contributed by atoms with E-state index in [9.17, 15) is 14.7 Å². The summed E-state index contributed by atoms with van der Waals surface area (Å²) < 4.78 is 5.94. The molecular formula is C15H12N2O4. The Hall–Kier alpha value is -3.07. The van der Waals surface area contributed by atoms with Gasteiger partial charge < -0.3 is 9.84 Å². The van der Waals surface area contributed by atoms with E-state index >= 15 is 0 Å². The third kappa shape index (κ3) is 2.49. The second kappa shape index (κ2) is 5.51. The van der Waals surface area contributed by atoms with E-state index in [4.69, 9.17) is 10.00 Å². The van der Waals surface area contributed by atoms with Crippen molar-refractivity contribution in [1.82, 2.24) is 4.57 Å². The fourth-order valence-corrected chi connectivity index (χ4v) is 1.92. The Kier molecular flexibility index (Phi) is 3.76. The zero-order chi connectivity index (χ0) is 15.6. The maximum absolute atomic E-state index is 12.2. The number of hydrogen-bond donors (Lipinski definition) is 1. The van der Waals surface area contributed by atoms with Gasteiger partial charge in [-0.25, -0.2) is 4.57 Å². The van der Waals surface area contributed by atoms with Crippen LogP contribution >= 0.6 is 0 Å². The number of benzene rings is 1. The molecular weight excluding hydrogens is 272 g/mol. The van der Waals surface area contributed by atoms with Crippen molar-refractivity contribution >= 4 is 5.78 Å². The Morgan fingerprint density at radius 1 is 1.33 bits per heavy atom. The van der Waals surface area contributed by atoms with Crippen LogP contribution in [-0.2, 0) is 0 Å². The van der Waals surface area contributed by atoms with Gasteiger partial charge >= 0.3 is 0 Å². The highest BCUT2D eigenvalue weighted by atomic mass is 16.5. The molecule has 1 aromatic carbocycles. The predicted octanol–water partition coefficient (Wildman–Crippen LogP) is 1.63. The van der Waals surface area contributed by atoms with Crippen molar-refractivity contribution in [2.45, 2.75) is 6.92 Å². The summed E-state index contributed by atoms with van der Waals surface area (Å²) >= 11 is 0. The molecule has 6 nitrogen and oxygen atoms in total. The first-order valence-electron chi connectivity index (χ1n) is 6.04. The molecule has 1 N–H and O–H groups in total. The van der Waals surface area contributed by atoms with Crippen LogP contribution in [0.1, 0.15) is 22.8 Å². The summed E-state index contributed by atoms with van der Waals surface area (Å²) in [4.78, 5) is 23.7. The van der Waals surface area contributed by atoms with Crippen LogP contribution in [0.4, 0.5) is 0 Å². The minimum atomic E-state index is -0.690. The molecule has 0 fully saturated rings. The molecule has 1 heterocycles. The standard InChI is InChI=1S/C15H12N2O4/c1-9(18)13-7-10(8-16)14(19)17(15(13)20)11-3-5-12(21-2)6-4-11/h3-7,20H,1-2H3. The summed E-state index contributed by atoms with van der Waals surface area (Å²) in [6.45, 7) is 1.25. The van der Waals surface area contributed by atoms with Crippen molar-refractivity contribution < 1.29 is 14.6 Å². The fraction of sp³-hybridized carbons (Fsp3) is 0.133. The number of Topliss-reactive ketones (excluding diaryl/α,β-unsaturated/α-hetero) is 1. The highest BCUT2D eigenvalue weighted by Gasteiger charge is 2.18. The summed E-state index contributed by atoms with van der Waals surface area (Å²) in [7, 11) is 1.50. The van der Waals surface area contributed by atoms with E-state index in [-0.39, 0.29) is 11.1 Å². The molecule has 6 heteroatoms. The maximum Gasteiger partial charge on any atom is 0.275 e. The zero-order valence-electron chi connectivity index (χ0n) is 11.5. The number of ketones is 1. The van der Waals surface area contributed by atoms with E-state index in [1.54, 1.807) is 30.3 Å². The van der Waals surface area contributed by atoms with Gasteiger partial charge in [-0.1, -0.05) is 0 Å². The Balaban J connectivity index is 2.77. The highest BCUT2D eigenvalue weighted by molar-refractivity contribution is 5.96. The van der Waals surface area contributed by atoms with Crippen molar-refractivity contribution in [3.05, 3.63) is 51.8 Å². The molecule has 1 aromatic heterocycles. The number of methoxy groups -OCH3 is 1. The summed E-state index contributed by atoms with van der Waals surface area (Å²) in [5.41, 5.74) is -0.654. The summed E-state index contributed by atoms with van der Waals surface area (Å²) in [6.07, 6.45) is 0. The summed E-state index contributed by atoms with van der Waals surface area (Å²) in [6, 6.07) is 9.13. The summed E-state index contributed by atoms with van der Waals surface area (Å²) in [5, 5.41) is 19.1. The van der Waals surface area contributed by atoms with Crippen molar-refractivity contribution in [1.29, 1.82) is 5.26 Å². The normalized spacial score (nSPS) is 9.95. The van der Waals surface area contributed by atoms with Crippen LogP contribution in [0.5, 0.6) is 11.6 Å². The van der Waals surface area contributed by atoms with E-state index in [0.29, 0.717) is 11.4 Å². The smallest absolute Gasteiger partial charge is 0.275 e. The van der Waals surface area contributed by atoms with Gasteiger partial charge in [0.15, 0.2) is 5.78 Å². The molecule has 0 radical (unpaired) electrons. The number of aromatic nitrogens is 1. The molecule has 0 aliphatic carbocycles. The lowest BCUT2D eigenvalue weighted by atomic mass is 10.1. The number of aromatic hydroxyl groups is 1. The number of rotatable bonds is 3. The number of carbonyl (C=O) groups excluding carboxylic acids is 1. The largest absolute Gasteiger partial charge is 0.497 e. The molecule has 0 aliphatic rings. The van der Waals surface area contributed by atoms with Crippen LogP contribution in [0.15, 0.2) is 35.1 Å². The highest BCUT2D eigenvalue weighted by Crippen LogP contribution is 2.22. The van der Waals surface area contributed by atoms with Crippen molar-refractivity contribution in [3.63, 3.8) is 0 Å². The number of carbonyl (C=O) groups is 1. The van der Waals surface area contributed by atoms with Crippen LogP contribution in [0.25, 0.3) is 5.69 Å². The first-order valence-corrected chi connectivity index (χ1v) is 6.04.